The zero-order chi connectivity index (χ0) is 13.8. The maximum Gasteiger partial charge on any atom is 0.308 e. The summed E-state index contributed by atoms with van der Waals surface area (Å²) in [5.74, 6) is -0.271. The summed E-state index contributed by atoms with van der Waals surface area (Å²) in [6, 6.07) is 3.14. The van der Waals surface area contributed by atoms with Gasteiger partial charge in [-0.3, -0.25) is 9.59 Å². The van der Waals surface area contributed by atoms with E-state index in [9.17, 15) is 9.59 Å². The van der Waals surface area contributed by atoms with Crippen LogP contribution < -0.4 is 5.32 Å². The lowest BCUT2D eigenvalue weighted by Crippen LogP contribution is -2.38. The van der Waals surface area contributed by atoms with Crippen LogP contribution in [0.5, 0.6) is 0 Å². The van der Waals surface area contributed by atoms with E-state index in [0.717, 1.165) is 25.7 Å². The maximum atomic E-state index is 11.8. The number of amides is 1. The van der Waals surface area contributed by atoms with E-state index in [0.29, 0.717) is 0 Å². The standard InChI is InChI=1S/C13H16ClNO4/c1-18-13(17)8-2-4-9(5-3-8)15-12(16)10-6-7-11(14)19-10/h6-9H,2-5H2,1H3,(H,15,16). The number of rotatable bonds is 3. The minimum atomic E-state index is -0.270. The van der Waals surface area contributed by atoms with Crippen LogP contribution in [0.4, 0.5) is 0 Å². The smallest absolute Gasteiger partial charge is 0.308 e. The summed E-state index contributed by atoms with van der Waals surface area (Å²) in [6.07, 6.45) is 2.99. The molecule has 0 aliphatic heterocycles. The van der Waals surface area contributed by atoms with Crippen molar-refractivity contribution in [3.63, 3.8) is 0 Å². The minimum absolute atomic E-state index is 0.0452. The molecular weight excluding hydrogens is 270 g/mol. The van der Waals surface area contributed by atoms with E-state index < -0.39 is 0 Å². The molecule has 1 aliphatic rings. The molecule has 1 aliphatic carbocycles. The Bertz CT molecular complexity index is 463. The van der Waals surface area contributed by atoms with E-state index in [-0.39, 0.29) is 34.8 Å². The van der Waals surface area contributed by atoms with E-state index in [4.69, 9.17) is 20.8 Å². The lowest BCUT2D eigenvalue weighted by molar-refractivity contribution is -0.146. The molecule has 104 valence electrons. The van der Waals surface area contributed by atoms with Gasteiger partial charge in [0.05, 0.1) is 13.0 Å². The SMILES string of the molecule is COC(=O)C1CCC(NC(=O)c2ccc(Cl)o2)CC1. The molecule has 1 aromatic heterocycles. The number of hydrogen-bond donors (Lipinski definition) is 1. The van der Waals surface area contributed by atoms with Crippen LogP contribution in [0, 0.1) is 5.92 Å². The summed E-state index contributed by atoms with van der Waals surface area (Å²) in [4.78, 5) is 23.2. The van der Waals surface area contributed by atoms with Crippen LogP contribution in [-0.2, 0) is 9.53 Å². The third kappa shape index (κ3) is 3.50. The molecule has 2 rings (SSSR count). The van der Waals surface area contributed by atoms with Gasteiger partial charge in [-0.05, 0) is 49.4 Å². The van der Waals surface area contributed by atoms with Crippen LogP contribution in [0.3, 0.4) is 0 Å². The van der Waals surface area contributed by atoms with E-state index in [2.05, 4.69) is 5.32 Å². The Morgan fingerprint density at radius 3 is 2.53 bits per heavy atom. The molecule has 1 saturated carbocycles. The molecule has 1 aromatic rings. The highest BCUT2D eigenvalue weighted by atomic mass is 35.5. The lowest BCUT2D eigenvalue weighted by Gasteiger charge is -2.27. The van der Waals surface area contributed by atoms with Crippen molar-refractivity contribution < 1.29 is 18.7 Å². The van der Waals surface area contributed by atoms with Gasteiger partial charge in [-0.1, -0.05) is 0 Å². The summed E-state index contributed by atoms with van der Waals surface area (Å²) >= 11 is 5.62. The number of carbonyl (C=O) groups is 2. The van der Waals surface area contributed by atoms with Crippen molar-refractivity contribution in [2.75, 3.05) is 7.11 Å². The fourth-order valence-electron chi connectivity index (χ4n) is 2.33. The van der Waals surface area contributed by atoms with Gasteiger partial charge in [0.25, 0.3) is 5.91 Å². The molecular formula is C13H16ClNO4. The number of methoxy groups -OCH3 is 1. The molecule has 1 fully saturated rings. The number of nitrogens with one attached hydrogen (secondary N) is 1. The second kappa shape index (κ2) is 6.10. The Labute approximate surface area is 116 Å². The molecule has 1 amide bonds. The Morgan fingerprint density at radius 1 is 1.32 bits per heavy atom. The van der Waals surface area contributed by atoms with Crippen LogP contribution in [0.1, 0.15) is 36.2 Å². The molecule has 6 heteroatoms. The van der Waals surface area contributed by atoms with Crippen molar-refractivity contribution in [1.29, 1.82) is 0 Å². The molecule has 0 spiro atoms. The average Bonchev–Trinajstić information content (AvgIpc) is 2.85. The third-order valence-electron chi connectivity index (χ3n) is 3.39. The normalized spacial score (nSPS) is 22.8. The summed E-state index contributed by atoms with van der Waals surface area (Å²) < 4.78 is 9.77. The third-order valence-corrected chi connectivity index (χ3v) is 3.60. The summed E-state index contributed by atoms with van der Waals surface area (Å²) in [7, 11) is 1.40. The topological polar surface area (TPSA) is 68.5 Å². The Hall–Kier alpha value is -1.49. The first kappa shape index (κ1) is 13.9. The number of esters is 1. The van der Waals surface area contributed by atoms with Gasteiger partial charge in [-0.2, -0.15) is 0 Å². The lowest BCUT2D eigenvalue weighted by atomic mass is 9.86. The fourth-order valence-corrected chi connectivity index (χ4v) is 2.48. The molecule has 0 aromatic carbocycles. The van der Waals surface area contributed by atoms with Crippen molar-refractivity contribution in [2.45, 2.75) is 31.7 Å². The number of halogens is 1. The van der Waals surface area contributed by atoms with Crippen molar-refractivity contribution >= 4 is 23.5 Å². The van der Waals surface area contributed by atoms with Crippen molar-refractivity contribution in [3.8, 4) is 0 Å². The van der Waals surface area contributed by atoms with Gasteiger partial charge < -0.3 is 14.5 Å². The van der Waals surface area contributed by atoms with Gasteiger partial charge in [0.15, 0.2) is 11.0 Å². The first-order chi connectivity index (χ1) is 9.10. The van der Waals surface area contributed by atoms with Gasteiger partial charge in [-0.15, -0.1) is 0 Å². The van der Waals surface area contributed by atoms with E-state index in [1.807, 2.05) is 0 Å². The minimum Gasteiger partial charge on any atom is -0.469 e. The van der Waals surface area contributed by atoms with Crippen LogP contribution >= 0.6 is 11.6 Å². The van der Waals surface area contributed by atoms with Gasteiger partial charge in [-0.25, -0.2) is 0 Å². The van der Waals surface area contributed by atoms with Crippen LogP contribution in [0.2, 0.25) is 5.22 Å². The molecule has 19 heavy (non-hydrogen) atoms. The van der Waals surface area contributed by atoms with Crippen molar-refractivity contribution in [2.24, 2.45) is 5.92 Å². The molecule has 1 N–H and O–H groups in total. The van der Waals surface area contributed by atoms with Gasteiger partial charge in [0, 0.05) is 6.04 Å². The highest BCUT2D eigenvalue weighted by Crippen LogP contribution is 2.25. The average molecular weight is 286 g/mol. The monoisotopic (exact) mass is 285 g/mol. The van der Waals surface area contributed by atoms with Crippen LogP contribution in [0.15, 0.2) is 16.5 Å². The summed E-state index contributed by atoms with van der Waals surface area (Å²) in [5.41, 5.74) is 0. The molecule has 5 nitrogen and oxygen atoms in total. The summed E-state index contributed by atoms with van der Waals surface area (Å²) in [5, 5.41) is 3.08. The summed E-state index contributed by atoms with van der Waals surface area (Å²) in [6.45, 7) is 0. The molecule has 0 bridgehead atoms. The molecule has 0 radical (unpaired) electrons. The quantitative estimate of drug-likeness (QED) is 0.866. The van der Waals surface area contributed by atoms with E-state index >= 15 is 0 Å². The fraction of sp³-hybridized carbons (Fsp3) is 0.538. The van der Waals surface area contributed by atoms with Crippen LogP contribution in [-0.4, -0.2) is 25.0 Å². The maximum absolute atomic E-state index is 11.8. The predicted molar refractivity (Wildman–Crippen MR) is 68.9 cm³/mol. The zero-order valence-electron chi connectivity index (χ0n) is 10.6. The Balaban J connectivity index is 1.82. The molecule has 0 saturated heterocycles. The first-order valence-electron chi connectivity index (χ1n) is 6.24. The van der Waals surface area contributed by atoms with E-state index in [1.54, 1.807) is 0 Å². The van der Waals surface area contributed by atoms with E-state index in [1.165, 1.54) is 19.2 Å². The predicted octanol–water partition coefficient (Wildman–Crippen LogP) is 2.39. The van der Waals surface area contributed by atoms with Crippen molar-refractivity contribution in [3.05, 3.63) is 23.1 Å². The van der Waals surface area contributed by atoms with Crippen molar-refractivity contribution in [1.82, 2.24) is 5.32 Å². The molecule has 0 atom stereocenters. The van der Waals surface area contributed by atoms with Gasteiger partial charge in [0.2, 0.25) is 0 Å². The zero-order valence-corrected chi connectivity index (χ0v) is 11.4. The highest BCUT2D eigenvalue weighted by molar-refractivity contribution is 6.29. The number of hydrogen-bond acceptors (Lipinski definition) is 4. The van der Waals surface area contributed by atoms with Crippen LogP contribution in [0.25, 0.3) is 0 Å². The largest absolute Gasteiger partial charge is 0.469 e. The first-order valence-corrected chi connectivity index (χ1v) is 6.62. The van der Waals surface area contributed by atoms with Gasteiger partial charge >= 0.3 is 5.97 Å². The Kier molecular flexibility index (Phi) is 4.47. The Morgan fingerprint density at radius 2 is 2.00 bits per heavy atom. The number of ether oxygens (including phenoxy) is 1. The molecule has 1 heterocycles. The second-order valence-corrected chi connectivity index (χ2v) is 5.02. The van der Waals surface area contributed by atoms with Gasteiger partial charge in [0.1, 0.15) is 0 Å². The number of furan rings is 1. The molecule has 0 unspecified atom stereocenters. The second-order valence-electron chi connectivity index (χ2n) is 4.65. The number of carbonyl (C=O) groups excluding carboxylic acids is 2. The highest BCUT2D eigenvalue weighted by Gasteiger charge is 2.28.